The SMILES string of the molecule is COc1cc(Cl)cc2c1OCC2=O. The molecule has 3 nitrogen and oxygen atoms in total. The summed E-state index contributed by atoms with van der Waals surface area (Å²) in [5.41, 5.74) is 0.504. The van der Waals surface area contributed by atoms with Gasteiger partial charge in [-0.25, -0.2) is 0 Å². The second-order valence-electron chi connectivity index (χ2n) is 2.70. The van der Waals surface area contributed by atoms with E-state index in [0.29, 0.717) is 22.1 Å². The lowest BCUT2D eigenvalue weighted by molar-refractivity contribution is 0.0960. The molecule has 0 bridgehead atoms. The van der Waals surface area contributed by atoms with E-state index in [1.807, 2.05) is 0 Å². The fourth-order valence-electron chi connectivity index (χ4n) is 1.29. The van der Waals surface area contributed by atoms with Crippen molar-refractivity contribution >= 4 is 17.4 Å². The third-order valence-corrected chi connectivity index (χ3v) is 2.11. The molecule has 0 aromatic heterocycles. The molecule has 0 aliphatic carbocycles. The summed E-state index contributed by atoms with van der Waals surface area (Å²) >= 11 is 5.78. The maximum atomic E-state index is 11.2. The monoisotopic (exact) mass is 198 g/mol. The van der Waals surface area contributed by atoms with E-state index in [9.17, 15) is 4.79 Å². The number of Topliss-reactive ketones (excluding diaryl/α,β-unsaturated/α-hetero) is 1. The van der Waals surface area contributed by atoms with Gasteiger partial charge in [-0.05, 0) is 6.07 Å². The van der Waals surface area contributed by atoms with Crippen molar-refractivity contribution in [1.29, 1.82) is 0 Å². The normalized spacial score (nSPS) is 13.8. The molecule has 2 rings (SSSR count). The number of carbonyl (C=O) groups excluding carboxylic acids is 1. The van der Waals surface area contributed by atoms with Gasteiger partial charge in [0.2, 0.25) is 5.78 Å². The summed E-state index contributed by atoms with van der Waals surface area (Å²) in [6.45, 7) is 0.0754. The summed E-state index contributed by atoms with van der Waals surface area (Å²) in [7, 11) is 1.51. The zero-order valence-electron chi connectivity index (χ0n) is 6.96. The van der Waals surface area contributed by atoms with E-state index < -0.39 is 0 Å². The number of benzene rings is 1. The van der Waals surface area contributed by atoms with Crippen LogP contribution in [0.25, 0.3) is 0 Å². The molecule has 1 heterocycles. The minimum absolute atomic E-state index is 0.0594. The van der Waals surface area contributed by atoms with Crippen LogP contribution in [0.2, 0.25) is 5.02 Å². The summed E-state index contributed by atoms with van der Waals surface area (Å²) in [5, 5.41) is 0.481. The van der Waals surface area contributed by atoms with Gasteiger partial charge in [-0.3, -0.25) is 4.79 Å². The maximum Gasteiger partial charge on any atom is 0.204 e. The Balaban J connectivity index is 2.63. The molecule has 0 unspecified atom stereocenters. The first kappa shape index (κ1) is 8.38. The molecule has 1 aromatic rings. The molecule has 0 saturated carbocycles. The molecule has 68 valence electrons. The van der Waals surface area contributed by atoms with Crippen LogP contribution < -0.4 is 9.47 Å². The average Bonchev–Trinajstić information content (AvgIpc) is 2.47. The second-order valence-corrected chi connectivity index (χ2v) is 3.13. The molecule has 4 heteroatoms. The van der Waals surface area contributed by atoms with Crippen molar-refractivity contribution in [3.05, 3.63) is 22.7 Å². The highest BCUT2D eigenvalue weighted by atomic mass is 35.5. The van der Waals surface area contributed by atoms with Gasteiger partial charge in [0.05, 0.1) is 12.7 Å². The van der Waals surface area contributed by atoms with E-state index >= 15 is 0 Å². The van der Waals surface area contributed by atoms with Crippen LogP contribution >= 0.6 is 11.6 Å². The van der Waals surface area contributed by atoms with Crippen molar-refractivity contribution in [2.75, 3.05) is 13.7 Å². The van der Waals surface area contributed by atoms with Gasteiger partial charge in [0, 0.05) is 11.1 Å². The Hall–Kier alpha value is -1.22. The van der Waals surface area contributed by atoms with Gasteiger partial charge in [0.1, 0.15) is 0 Å². The van der Waals surface area contributed by atoms with Crippen molar-refractivity contribution in [2.24, 2.45) is 0 Å². The fourth-order valence-corrected chi connectivity index (χ4v) is 1.50. The van der Waals surface area contributed by atoms with E-state index in [1.165, 1.54) is 7.11 Å². The summed E-state index contributed by atoms with van der Waals surface area (Å²) in [6.07, 6.45) is 0. The van der Waals surface area contributed by atoms with Crippen molar-refractivity contribution in [2.45, 2.75) is 0 Å². The first-order chi connectivity index (χ1) is 6.22. The number of fused-ring (bicyclic) bond motifs is 1. The van der Waals surface area contributed by atoms with E-state index in [0.717, 1.165) is 0 Å². The van der Waals surface area contributed by atoms with Gasteiger partial charge in [-0.2, -0.15) is 0 Å². The molecular formula is C9H7ClO3. The number of methoxy groups -OCH3 is 1. The van der Waals surface area contributed by atoms with Crippen LogP contribution in [0.3, 0.4) is 0 Å². The van der Waals surface area contributed by atoms with Gasteiger partial charge >= 0.3 is 0 Å². The molecule has 0 N–H and O–H groups in total. The largest absolute Gasteiger partial charge is 0.493 e. The van der Waals surface area contributed by atoms with Gasteiger partial charge in [0.25, 0.3) is 0 Å². The highest BCUT2D eigenvalue weighted by molar-refractivity contribution is 6.31. The molecule has 0 fully saturated rings. The Bertz CT molecular complexity index is 373. The minimum atomic E-state index is -0.0594. The Morgan fingerprint density at radius 1 is 1.54 bits per heavy atom. The smallest absolute Gasteiger partial charge is 0.204 e. The van der Waals surface area contributed by atoms with Gasteiger partial charge in [-0.15, -0.1) is 0 Å². The molecule has 0 radical (unpaired) electrons. The standard InChI is InChI=1S/C9H7ClO3/c1-12-8-3-5(10)2-6-7(11)4-13-9(6)8/h2-3H,4H2,1H3. The lowest BCUT2D eigenvalue weighted by atomic mass is 10.1. The number of hydrogen-bond acceptors (Lipinski definition) is 3. The van der Waals surface area contributed by atoms with Crippen LogP contribution in [0.15, 0.2) is 12.1 Å². The molecule has 13 heavy (non-hydrogen) atoms. The molecule has 0 saturated heterocycles. The highest BCUT2D eigenvalue weighted by Crippen LogP contribution is 2.37. The summed E-state index contributed by atoms with van der Waals surface area (Å²) in [4.78, 5) is 11.2. The van der Waals surface area contributed by atoms with Crippen molar-refractivity contribution in [1.82, 2.24) is 0 Å². The molecule has 0 spiro atoms. The highest BCUT2D eigenvalue weighted by Gasteiger charge is 2.25. The Morgan fingerprint density at radius 2 is 2.31 bits per heavy atom. The summed E-state index contributed by atoms with van der Waals surface area (Å²) in [5.74, 6) is 0.945. The first-order valence-corrected chi connectivity index (χ1v) is 4.13. The predicted molar refractivity (Wildman–Crippen MR) is 47.8 cm³/mol. The van der Waals surface area contributed by atoms with E-state index in [1.54, 1.807) is 12.1 Å². The number of ether oxygens (including phenoxy) is 2. The average molecular weight is 199 g/mol. The van der Waals surface area contributed by atoms with Crippen molar-refractivity contribution < 1.29 is 14.3 Å². The van der Waals surface area contributed by atoms with Crippen molar-refractivity contribution in [3.63, 3.8) is 0 Å². The molecule has 1 aliphatic rings. The molecule has 1 aliphatic heterocycles. The minimum Gasteiger partial charge on any atom is -0.493 e. The van der Waals surface area contributed by atoms with Crippen LogP contribution in [0.1, 0.15) is 10.4 Å². The van der Waals surface area contributed by atoms with Crippen LogP contribution in [0.4, 0.5) is 0 Å². The zero-order chi connectivity index (χ0) is 9.42. The second kappa shape index (κ2) is 2.92. The third-order valence-electron chi connectivity index (χ3n) is 1.89. The van der Waals surface area contributed by atoms with Crippen LogP contribution in [0.5, 0.6) is 11.5 Å². The fraction of sp³-hybridized carbons (Fsp3) is 0.222. The lowest BCUT2D eigenvalue weighted by Crippen LogP contribution is -1.98. The van der Waals surface area contributed by atoms with Crippen LogP contribution in [-0.4, -0.2) is 19.5 Å². The molecule has 0 amide bonds. The zero-order valence-corrected chi connectivity index (χ0v) is 7.72. The molecule has 0 atom stereocenters. The maximum absolute atomic E-state index is 11.2. The Morgan fingerprint density at radius 3 is 3.00 bits per heavy atom. The molecule has 1 aromatic carbocycles. The first-order valence-electron chi connectivity index (χ1n) is 3.76. The van der Waals surface area contributed by atoms with Crippen LogP contribution in [-0.2, 0) is 0 Å². The van der Waals surface area contributed by atoms with Crippen molar-refractivity contribution in [3.8, 4) is 11.5 Å². The number of halogens is 1. The number of ketones is 1. The van der Waals surface area contributed by atoms with Gasteiger partial charge in [-0.1, -0.05) is 11.6 Å². The van der Waals surface area contributed by atoms with E-state index in [4.69, 9.17) is 21.1 Å². The summed E-state index contributed by atoms with van der Waals surface area (Å²) < 4.78 is 10.2. The predicted octanol–water partition coefficient (Wildman–Crippen LogP) is 1.92. The Kier molecular flexibility index (Phi) is 1.88. The number of rotatable bonds is 1. The number of hydrogen-bond donors (Lipinski definition) is 0. The lowest BCUT2D eigenvalue weighted by Gasteiger charge is -2.05. The van der Waals surface area contributed by atoms with Gasteiger partial charge < -0.3 is 9.47 Å². The number of carbonyl (C=O) groups is 1. The quantitative estimate of drug-likeness (QED) is 0.692. The molecular weight excluding hydrogens is 192 g/mol. The van der Waals surface area contributed by atoms with Crippen LogP contribution in [0, 0.1) is 0 Å². The van der Waals surface area contributed by atoms with Gasteiger partial charge in [0.15, 0.2) is 18.1 Å². The third kappa shape index (κ3) is 1.25. The summed E-state index contributed by atoms with van der Waals surface area (Å²) in [6, 6.07) is 3.22. The topological polar surface area (TPSA) is 35.5 Å². The Labute approximate surface area is 80.2 Å². The van der Waals surface area contributed by atoms with E-state index in [2.05, 4.69) is 0 Å². The van der Waals surface area contributed by atoms with E-state index in [-0.39, 0.29) is 12.4 Å².